The van der Waals surface area contributed by atoms with E-state index < -0.39 is 0 Å². The molecule has 0 saturated carbocycles. The van der Waals surface area contributed by atoms with Gasteiger partial charge in [0.05, 0.1) is 17.6 Å². The maximum atomic E-state index is 12.2. The molecule has 1 aliphatic heterocycles. The van der Waals surface area contributed by atoms with Gasteiger partial charge < -0.3 is 22.1 Å². The van der Waals surface area contributed by atoms with E-state index in [-0.39, 0.29) is 18.1 Å². The molecule has 1 fully saturated rings. The van der Waals surface area contributed by atoms with E-state index in [1.165, 1.54) is 0 Å². The summed E-state index contributed by atoms with van der Waals surface area (Å²) in [5.74, 6) is 0.735. The second-order valence-corrected chi connectivity index (χ2v) is 6.88. The number of amides is 2. The Kier molecular flexibility index (Phi) is 6.44. The van der Waals surface area contributed by atoms with E-state index in [1.807, 2.05) is 37.3 Å². The number of aromatic nitrogens is 1. The number of nitrogens with two attached hydrogens (primary N) is 2. The molecule has 0 unspecified atom stereocenters. The van der Waals surface area contributed by atoms with Crippen LogP contribution >= 0.6 is 0 Å². The highest BCUT2D eigenvalue weighted by Crippen LogP contribution is 2.17. The molecular weight excluding hydrogens is 354 g/mol. The van der Waals surface area contributed by atoms with Crippen LogP contribution in [0.4, 0.5) is 16.3 Å². The number of urea groups is 1. The summed E-state index contributed by atoms with van der Waals surface area (Å²) < 4.78 is 0. The van der Waals surface area contributed by atoms with Gasteiger partial charge in [-0.2, -0.15) is 0 Å². The van der Waals surface area contributed by atoms with Crippen LogP contribution in [0.3, 0.4) is 0 Å². The molecule has 8 heteroatoms. The van der Waals surface area contributed by atoms with Gasteiger partial charge in [-0.1, -0.05) is 30.3 Å². The highest BCUT2D eigenvalue weighted by Gasteiger charge is 2.15. The van der Waals surface area contributed by atoms with E-state index in [1.54, 1.807) is 12.3 Å². The summed E-state index contributed by atoms with van der Waals surface area (Å²) in [7, 11) is 0. The summed E-state index contributed by atoms with van der Waals surface area (Å²) >= 11 is 0. The number of piperidine rings is 1. The third-order valence-corrected chi connectivity index (χ3v) is 4.73. The Hall–Kier alpha value is -3.13. The number of hydrogen-bond acceptors (Lipinski definition) is 5. The van der Waals surface area contributed by atoms with Gasteiger partial charge in [0.25, 0.3) is 0 Å². The Labute approximate surface area is 164 Å². The van der Waals surface area contributed by atoms with Crippen molar-refractivity contribution in [3.05, 3.63) is 53.7 Å². The Morgan fingerprint density at radius 3 is 2.68 bits per heavy atom. The lowest BCUT2D eigenvalue weighted by molar-refractivity contribution is 0.249. The van der Waals surface area contributed by atoms with Crippen molar-refractivity contribution in [3.63, 3.8) is 0 Å². The first-order valence-electron chi connectivity index (χ1n) is 9.45. The Morgan fingerprint density at radius 1 is 1.29 bits per heavy atom. The largest absolute Gasteiger partial charge is 0.398 e. The highest BCUT2D eigenvalue weighted by atomic mass is 16.2. The lowest BCUT2D eigenvalue weighted by Gasteiger charge is -2.20. The number of nitrogen functional groups attached to an aromatic ring is 1. The predicted octanol–water partition coefficient (Wildman–Crippen LogP) is 2.00. The number of anilines is 2. The van der Waals surface area contributed by atoms with E-state index in [0.29, 0.717) is 22.9 Å². The minimum absolute atomic E-state index is 0.134. The van der Waals surface area contributed by atoms with Crippen LogP contribution in [0.15, 0.2) is 47.6 Å². The normalized spacial score (nSPS) is 16.4. The molecule has 1 atom stereocenters. The molecular formula is C20H27N7O. The van der Waals surface area contributed by atoms with Gasteiger partial charge >= 0.3 is 6.03 Å². The van der Waals surface area contributed by atoms with Gasteiger partial charge in [0, 0.05) is 18.0 Å². The van der Waals surface area contributed by atoms with Crippen LogP contribution in [0.2, 0.25) is 0 Å². The number of hydrogen-bond donors (Lipinski definition) is 5. The molecule has 2 heterocycles. The number of aliphatic imine (C=N–C) groups is 1. The molecule has 148 valence electrons. The lowest BCUT2D eigenvalue weighted by atomic mass is 10.1. The van der Waals surface area contributed by atoms with Crippen molar-refractivity contribution in [3.8, 4) is 0 Å². The van der Waals surface area contributed by atoms with Crippen LogP contribution in [0.25, 0.3) is 0 Å². The first-order chi connectivity index (χ1) is 13.5. The van der Waals surface area contributed by atoms with E-state index in [4.69, 9.17) is 11.5 Å². The van der Waals surface area contributed by atoms with Crippen LogP contribution in [-0.4, -0.2) is 36.0 Å². The van der Waals surface area contributed by atoms with E-state index >= 15 is 0 Å². The summed E-state index contributed by atoms with van der Waals surface area (Å²) in [6.45, 7) is 3.79. The van der Waals surface area contributed by atoms with Gasteiger partial charge in [0.2, 0.25) is 0 Å². The summed E-state index contributed by atoms with van der Waals surface area (Å²) in [6.07, 6.45) is 3.45. The molecule has 0 aliphatic carbocycles. The zero-order valence-corrected chi connectivity index (χ0v) is 16.0. The molecule has 2 amide bonds. The minimum atomic E-state index is -0.354. The lowest BCUT2D eigenvalue weighted by Crippen LogP contribution is -2.32. The molecule has 1 aromatic heterocycles. The molecule has 0 bridgehead atoms. The van der Waals surface area contributed by atoms with Gasteiger partial charge in [-0.05, 0) is 38.4 Å². The smallest absolute Gasteiger partial charge is 0.320 e. The SMILES string of the molecule is C[C@@H](NC(=O)Nc1cc(N)c(C(N)=NC2CCNCC2)cn1)c1ccccc1. The van der Waals surface area contributed by atoms with Crippen molar-refractivity contribution in [2.24, 2.45) is 10.7 Å². The molecule has 1 saturated heterocycles. The molecule has 7 N–H and O–H groups in total. The third kappa shape index (κ3) is 5.20. The second-order valence-electron chi connectivity index (χ2n) is 6.88. The number of pyridine rings is 1. The number of carbonyl (C=O) groups excluding carboxylic acids is 1. The van der Waals surface area contributed by atoms with Crippen LogP contribution in [0, 0.1) is 0 Å². The summed E-state index contributed by atoms with van der Waals surface area (Å²) in [5.41, 5.74) is 14.3. The zero-order chi connectivity index (χ0) is 19.9. The van der Waals surface area contributed by atoms with Crippen molar-refractivity contribution < 1.29 is 4.79 Å². The number of carbonyl (C=O) groups is 1. The highest BCUT2D eigenvalue weighted by molar-refractivity contribution is 6.02. The molecule has 2 aromatic rings. The van der Waals surface area contributed by atoms with Gasteiger partial charge in [-0.25, -0.2) is 9.78 Å². The predicted molar refractivity (Wildman–Crippen MR) is 112 cm³/mol. The van der Waals surface area contributed by atoms with Gasteiger partial charge in [0.1, 0.15) is 11.7 Å². The molecule has 1 aliphatic rings. The Balaban J connectivity index is 1.61. The summed E-state index contributed by atoms with van der Waals surface area (Å²) in [5, 5.41) is 8.87. The van der Waals surface area contributed by atoms with Crippen molar-refractivity contribution in [1.82, 2.24) is 15.6 Å². The van der Waals surface area contributed by atoms with Crippen molar-refractivity contribution >= 4 is 23.4 Å². The summed E-state index contributed by atoms with van der Waals surface area (Å²) in [4.78, 5) is 21.0. The number of benzene rings is 1. The van der Waals surface area contributed by atoms with Gasteiger partial charge in [-0.3, -0.25) is 10.3 Å². The van der Waals surface area contributed by atoms with Crippen LogP contribution in [0.5, 0.6) is 0 Å². The monoisotopic (exact) mass is 381 g/mol. The Bertz CT molecular complexity index is 832. The number of amidine groups is 1. The van der Waals surface area contributed by atoms with Crippen molar-refractivity contribution in [1.29, 1.82) is 0 Å². The molecule has 0 radical (unpaired) electrons. The van der Waals surface area contributed by atoms with Crippen LogP contribution in [-0.2, 0) is 0 Å². The number of nitrogens with zero attached hydrogens (tertiary/aromatic N) is 2. The average molecular weight is 381 g/mol. The third-order valence-electron chi connectivity index (χ3n) is 4.73. The van der Waals surface area contributed by atoms with Gasteiger partial charge in [-0.15, -0.1) is 0 Å². The topological polar surface area (TPSA) is 130 Å². The van der Waals surface area contributed by atoms with Crippen molar-refractivity contribution in [2.45, 2.75) is 31.8 Å². The first kappa shape index (κ1) is 19.6. The number of nitrogens with one attached hydrogen (secondary N) is 3. The second kappa shape index (κ2) is 9.18. The van der Waals surface area contributed by atoms with E-state index in [2.05, 4.69) is 25.9 Å². The molecule has 28 heavy (non-hydrogen) atoms. The number of rotatable bonds is 5. The molecule has 3 rings (SSSR count). The van der Waals surface area contributed by atoms with E-state index in [9.17, 15) is 4.79 Å². The minimum Gasteiger partial charge on any atom is -0.398 e. The van der Waals surface area contributed by atoms with Crippen LogP contribution in [0.1, 0.15) is 36.9 Å². The maximum Gasteiger partial charge on any atom is 0.320 e. The summed E-state index contributed by atoms with van der Waals surface area (Å²) in [6, 6.07) is 11.0. The average Bonchev–Trinajstić information content (AvgIpc) is 2.69. The van der Waals surface area contributed by atoms with Crippen molar-refractivity contribution in [2.75, 3.05) is 24.1 Å². The molecule has 1 aromatic carbocycles. The van der Waals surface area contributed by atoms with E-state index in [0.717, 1.165) is 31.5 Å². The molecule has 0 spiro atoms. The molecule has 8 nitrogen and oxygen atoms in total. The first-order valence-corrected chi connectivity index (χ1v) is 9.45. The quantitative estimate of drug-likeness (QED) is 0.399. The fraction of sp³-hybridized carbons (Fsp3) is 0.350. The van der Waals surface area contributed by atoms with Gasteiger partial charge in [0.15, 0.2) is 0 Å². The maximum absolute atomic E-state index is 12.2. The zero-order valence-electron chi connectivity index (χ0n) is 16.0. The standard InChI is InChI=1S/C20H27N7O/c1-13(14-5-3-2-4-6-14)25-20(28)27-18-11-17(21)16(12-24-18)19(22)26-15-7-9-23-10-8-15/h2-6,11-13,15,23H,7-10H2,1H3,(H2,22,26)(H4,21,24,25,27,28)/t13-/m1/s1. The van der Waals surface area contributed by atoms with Crippen LogP contribution < -0.4 is 27.4 Å². The fourth-order valence-corrected chi connectivity index (χ4v) is 3.13. The Morgan fingerprint density at radius 2 is 2.00 bits per heavy atom. The fourth-order valence-electron chi connectivity index (χ4n) is 3.13.